The fourth-order valence-corrected chi connectivity index (χ4v) is 5.94. The summed E-state index contributed by atoms with van der Waals surface area (Å²) in [5.41, 5.74) is 15.3. The molecule has 0 atom stereocenters. The molecule has 0 saturated carbocycles. The Morgan fingerprint density at radius 3 is 1.67 bits per heavy atom. The Bertz CT molecular complexity index is 1960. The summed E-state index contributed by atoms with van der Waals surface area (Å²) in [6.45, 7) is 13.7. The lowest BCUT2D eigenvalue weighted by Gasteiger charge is -2.09. The van der Waals surface area contributed by atoms with Gasteiger partial charge in [-0.1, -0.05) is 111 Å². The van der Waals surface area contributed by atoms with Gasteiger partial charge >= 0.3 is 0 Å². The molecule has 0 N–H and O–H groups in total. The van der Waals surface area contributed by atoms with E-state index in [9.17, 15) is 0 Å². The Balaban J connectivity index is 1.48. The third-order valence-corrected chi connectivity index (χ3v) is 8.67. The third-order valence-electron chi connectivity index (χ3n) is 6.92. The first-order valence-electron chi connectivity index (χ1n) is 14.3. The molecule has 6 aromatic rings. The van der Waals surface area contributed by atoms with Gasteiger partial charge < -0.3 is 9.09 Å². The number of aromatic nitrogens is 2. The molecule has 0 fully saturated rings. The van der Waals surface area contributed by atoms with Crippen molar-refractivity contribution in [2.24, 2.45) is 0 Å². The molecule has 0 bridgehead atoms. The van der Waals surface area contributed by atoms with Crippen LogP contribution in [0, 0.1) is 22.9 Å². The molecule has 0 radical (unpaired) electrons. The van der Waals surface area contributed by atoms with E-state index >= 15 is 0 Å². The zero-order valence-corrected chi connectivity index (χ0v) is 27.0. The van der Waals surface area contributed by atoms with Crippen LogP contribution in [0.25, 0.3) is 50.1 Å². The summed E-state index contributed by atoms with van der Waals surface area (Å²) in [6, 6.07) is 33.8. The van der Waals surface area contributed by atoms with E-state index in [4.69, 9.17) is 4.52 Å². The number of benzene rings is 4. The molecule has 0 spiro atoms. The summed E-state index contributed by atoms with van der Waals surface area (Å²) in [5.74, 6) is 7.67. The van der Waals surface area contributed by atoms with Crippen molar-refractivity contribution in [3.05, 3.63) is 108 Å². The lowest BCUT2D eigenvalue weighted by atomic mass is 10.1. The number of fused-ring (bicyclic) bond motifs is 3. The van der Waals surface area contributed by atoms with Gasteiger partial charge in [-0.3, -0.25) is 0 Å². The van der Waals surface area contributed by atoms with Crippen LogP contribution in [0.3, 0.4) is 0 Å². The van der Waals surface area contributed by atoms with E-state index in [0.29, 0.717) is 0 Å². The molecule has 0 amide bonds. The maximum atomic E-state index is 5.67. The largest absolute Gasteiger partial charge is 0.356 e. The fourth-order valence-electron chi connectivity index (χ4n) is 4.90. The molecule has 206 valence electrons. The van der Waals surface area contributed by atoms with Gasteiger partial charge in [0.2, 0.25) is 0 Å². The highest BCUT2D eigenvalue weighted by Gasteiger charge is 2.15. The first-order chi connectivity index (χ1) is 20.0. The van der Waals surface area contributed by atoms with Crippen molar-refractivity contribution in [2.75, 3.05) is 0 Å². The molecule has 3 nitrogen and oxygen atoms in total. The minimum Gasteiger partial charge on any atom is -0.356 e. The molecular formula is C37H34N2OSi2. The first-order valence-corrected chi connectivity index (χ1v) is 21.3. The molecule has 0 aliphatic heterocycles. The lowest BCUT2D eigenvalue weighted by molar-refractivity contribution is 0.435. The molecule has 42 heavy (non-hydrogen) atoms. The topological polar surface area (TPSA) is 31.0 Å². The van der Waals surface area contributed by atoms with Gasteiger partial charge in [-0.15, -0.1) is 11.1 Å². The van der Waals surface area contributed by atoms with E-state index in [1.807, 2.05) is 36.4 Å². The van der Waals surface area contributed by atoms with Gasteiger partial charge in [-0.05, 0) is 36.4 Å². The van der Waals surface area contributed by atoms with Gasteiger partial charge in [0.05, 0.1) is 11.0 Å². The predicted octanol–water partition coefficient (Wildman–Crippen LogP) is 9.56. The minimum atomic E-state index is -1.50. The molecule has 0 aliphatic rings. The summed E-state index contributed by atoms with van der Waals surface area (Å²) >= 11 is 0. The van der Waals surface area contributed by atoms with Crippen LogP contribution in [0.15, 0.2) is 102 Å². The Labute approximate surface area is 250 Å². The first kappa shape index (κ1) is 27.6. The van der Waals surface area contributed by atoms with E-state index in [1.54, 1.807) is 0 Å². The van der Waals surface area contributed by atoms with Gasteiger partial charge in [0, 0.05) is 44.8 Å². The fraction of sp³-hybridized carbons (Fsp3) is 0.162. The second kappa shape index (κ2) is 10.7. The van der Waals surface area contributed by atoms with Crippen LogP contribution in [0.2, 0.25) is 39.3 Å². The Morgan fingerprint density at radius 2 is 1.14 bits per heavy atom. The Morgan fingerprint density at radius 1 is 0.595 bits per heavy atom. The highest BCUT2D eigenvalue weighted by atomic mass is 28.3. The zero-order valence-electron chi connectivity index (χ0n) is 25.0. The smallest absolute Gasteiger partial charge is 0.167 e. The number of nitrogens with zero attached hydrogens (tertiary/aromatic N) is 2. The summed E-state index contributed by atoms with van der Waals surface area (Å²) in [6.07, 6.45) is 0. The van der Waals surface area contributed by atoms with Gasteiger partial charge in [0.15, 0.2) is 5.76 Å². The summed E-state index contributed by atoms with van der Waals surface area (Å²) < 4.78 is 8.01. The highest BCUT2D eigenvalue weighted by Crippen LogP contribution is 2.34. The molecule has 0 saturated heterocycles. The number of rotatable bonds is 3. The van der Waals surface area contributed by atoms with Crippen molar-refractivity contribution >= 4 is 38.0 Å². The third kappa shape index (κ3) is 5.90. The molecule has 0 aliphatic carbocycles. The van der Waals surface area contributed by atoms with Crippen LogP contribution in [0.5, 0.6) is 0 Å². The Hall–Kier alpha value is -4.56. The summed E-state index contributed by atoms with van der Waals surface area (Å²) in [5, 5.41) is 6.77. The van der Waals surface area contributed by atoms with E-state index in [1.165, 1.54) is 10.8 Å². The van der Waals surface area contributed by atoms with E-state index in [2.05, 4.69) is 133 Å². The average Bonchev–Trinajstić information content (AvgIpc) is 3.58. The number of hydrogen-bond donors (Lipinski definition) is 0. The van der Waals surface area contributed by atoms with Crippen LogP contribution in [0.1, 0.15) is 11.1 Å². The molecule has 6 rings (SSSR count). The van der Waals surface area contributed by atoms with Crippen LogP contribution >= 0.6 is 0 Å². The second-order valence-corrected chi connectivity index (χ2v) is 22.3. The van der Waals surface area contributed by atoms with Gasteiger partial charge in [0.1, 0.15) is 21.8 Å². The zero-order chi connectivity index (χ0) is 29.5. The van der Waals surface area contributed by atoms with Gasteiger partial charge in [0.25, 0.3) is 0 Å². The van der Waals surface area contributed by atoms with E-state index < -0.39 is 16.1 Å². The van der Waals surface area contributed by atoms with Crippen LogP contribution < -0.4 is 0 Å². The van der Waals surface area contributed by atoms with Crippen LogP contribution in [-0.2, 0) is 0 Å². The molecule has 5 heteroatoms. The van der Waals surface area contributed by atoms with Crippen LogP contribution in [0.4, 0.5) is 0 Å². The normalized spacial score (nSPS) is 11.7. The maximum absolute atomic E-state index is 5.67. The van der Waals surface area contributed by atoms with E-state index in [0.717, 1.165) is 50.4 Å². The van der Waals surface area contributed by atoms with Crippen molar-refractivity contribution in [2.45, 2.75) is 39.3 Å². The minimum absolute atomic E-state index is 0.760. The van der Waals surface area contributed by atoms with Crippen molar-refractivity contribution in [3.8, 4) is 51.2 Å². The van der Waals surface area contributed by atoms with Crippen molar-refractivity contribution < 1.29 is 4.52 Å². The van der Waals surface area contributed by atoms with E-state index in [-0.39, 0.29) is 0 Å². The summed E-state index contributed by atoms with van der Waals surface area (Å²) in [4.78, 5) is 0. The molecule has 2 heterocycles. The van der Waals surface area contributed by atoms with Crippen molar-refractivity contribution in [1.29, 1.82) is 0 Å². The van der Waals surface area contributed by atoms with Gasteiger partial charge in [-0.2, -0.15) is 0 Å². The maximum Gasteiger partial charge on any atom is 0.167 e. The molecule has 0 unspecified atom stereocenters. The van der Waals surface area contributed by atoms with Crippen molar-refractivity contribution in [3.63, 3.8) is 0 Å². The highest BCUT2D eigenvalue weighted by molar-refractivity contribution is 6.84. The monoisotopic (exact) mass is 578 g/mol. The average molecular weight is 579 g/mol. The molecule has 4 aromatic carbocycles. The Kier molecular flexibility index (Phi) is 7.03. The van der Waals surface area contributed by atoms with Gasteiger partial charge in [-0.25, -0.2) is 0 Å². The summed E-state index contributed by atoms with van der Waals surface area (Å²) in [7, 11) is -3.00. The SMILES string of the molecule is C[Si](C)(C)C#Cc1ccc2c3ccc(C#C[Si](C)(C)C)cc3n(-c3ccc(-c4cc(-c5ccccc5)on4)cc3)c2c1. The second-order valence-electron chi connectivity index (χ2n) is 12.8. The number of hydrogen-bond acceptors (Lipinski definition) is 2. The molecule has 2 aromatic heterocycles. The predicted molar refractivity (Wildman–Crippen MR) is 182 cm³/mol. The molecular weight excluding hydrogens is 545 g/mol. The standard InChI is InChI=1S/C37H34N2OSi2/c1-41(2,3)22-20-27-12-18-32-33-19-13-28(21-23-42(4,5)6)25-36(33)39(35(32)24-27)31-16-14-29(15-17-31)34-26-37(40-38-34)30-10-8-7-9-11-30/h7-19,24-26H,1-6H3. The lowest BCUT2D eigenvalue weighted by Crippen LogP contribution is -2.16. The van der Waals surface area contributed by atoms with Crippen molar-refractivity contribution in [1.82, 2.24) is 9.72 Å². The van der Waals surface area contributed by atoms with Crippen LogP contribution in [-0.4, -0.2) is 25.9 Å². The quantitative estimate of drug-likeness (QED) is 0.155.